The minimum Gasteiger partial charge on any atom is -0.691 e. The summed E-state index contributed by atoms with van der Waals surface area (Å²) in [6, 6.07) is 4.27. The van der Waals surface area contributed by atoms with Crippen LogP contribution in [0.2, 0.25) is 0 Å². The van der Waals surface area contributed by atoms with Gasteiger partial charge in [-0.15, -0.1) is 0 Å². The number of hydrogen-bond acceptors (Lipinski definition) is 6. The molecule has 0 unspecified atom stereocenters. The Morgan fingerprint density at radius 2 is 1.79 bits per heavy atom. The SMILES string of the molecule is [Na+].[O-]OOSc1ccc([C@H]2CC(C(F)(F)F)=NN2c2ccc(F)cc2F)c(F)c1. The Balaban J connectivity index is 0.00000300. The normalized spacial score (nSPS) is 16.6. The van der Waals surface area contributed by atoms with Crippen molar-refractivity contribution in [2.24, 2.45) is 5.10 Å². The molecule has 1 heterocycles. The van der Waals surface area contributed by atoms with Gasteiger partial charge in [0.2, 0.25) is 0 Å². The van der Waals surface area contributed by atoms with E-state index in [1.807, 2.05) is 0 Å². The van der Waals surface area contributed by atoms with Crippen molar-refractivity contribution in [1.29, 1.82) is 0 Å². The summed E-state index contributed by atoms with van der Waals surface area (Å²) in [6.07, 6.45) is -5.56. The molecule has 0 N–H and O–H groups in total. The predicted octanol–water partition coefficient (Wildman–Crippen LogP) is 1.21. The zero-order valence-corrected chi connectivity index (χ0v) is 17.4. The fraction of sp³-hybridized carbons (Fsp3) is 0.188. The molecule has 13 heteroatoms. The van der Waals surface area contributed by atoms with E-state index in [0.29, 0.717) is 23.1 Å². The summed E-state index contributed by atoms with van der Waals surface area (Å²) in [5, 5.41) is 17.0. The third-order valence-electron chi connectivity index (χ3n) is 3.88. The number of halogens is 6. The standard InChI is InChI=1S/C16H10F6N2O3S.Na/c17-8-1-4-13(12(19)5-8)24-14(7-15(23-24)16(20,21)22)10-3-2-9(6-11(10)18)28-27-26-25;/h1-6,14,25H,7H2;/q;+1/p-1/t14-;/m1./s1. The van der Waals surface area contributed by atoms with Crippen LogP contribution in [0.15, 0.2) is 46.4 Å². The Morgan fingerprint density at radius 1 is 1.07 bits per heavy atom. The molecule has 0 amide bonds. The smallest absolute Gasteiger partial charge is 0.691 e. The van der Waals surface area contributed by atoms with Crippen molar-refractivity contribution in [1.82, 2.24) is 0 Å². The van der Waals surface area contributed by atoms with Crippen LogP contribution in [-0.4, -0.2) is 11.9 Å². The predicted molar refractivity (Wildman–Crippen MR) is 84.1 cm³/mol. The molecule has 0 aliphatic carbocycles. The van der Waals surface area contributed by atoms with E-state index in [0.717, 1.165) is 24.3 Å². The molecular formula is C16H9F6N2NaO3S. The topological polar surface area (TPSA) is 57.1 Å². The number of hydrogen-bond donors (Lipinski definition) is 0. The molecule has 0 aromatic heterocycles. The molecule has 1 atom stereocenters. The summed E-state index contributed by atoms with van der Waals surface area (Å²) in [7, 11) is 0. The van der Waals surface area contributed by atoms with E-state index in [-0.39, 0.29) is 40.0 Å². The zero-order chi connectivity index (χ0) is 20.5. The van der Waals surface area contributed by atoms with Crippen LogP contribution in [-0.2, 0) is 9.37 Å². The van der Waals surface area contributed by atoms with Gasteiger partial charge in [0.05, 0.1) is 23.8 Å². The van der Waals surface area contributed by atoms with Crippen molar-refractivity contribution in [2.45, 2.75) is 23.5 Å². The molecule has 2 aromatic rings. The molecule has 150 valence electrons. The van der Waals surface area contributed by atoms with Gasteiger partial charge in [-0.1, -0.05) is 6.07 Å². The number of benzene rings is 2. The Labute approximate surface area is 186 Å². The van der Waals surface area contributed by atoms with E-state index < -0.39 is 47.5 Å². The molecule has 1 aliphatic rings. The second-order valence-electron chi connectivity index (χ2n) is 5.61. The number of alkyl halides is 3. The Hall–Kier alpha value is -1.28. The Kier molecular flexibility index (Phi) is 8.01. The summed E-state index contributed by atoms with van der Waals surface area (Å²) < 4.78 is 85.3. The summed E-state index contributed by atoms with van der Waals surface area (Å²) in [5.41, 5.74) is -1.88. The minimum atomic E-state index is -4.81. The average molecular weight is 446 g/mol. The van der Waals surface area contributed by atoms with E-state index in [2.05, 4.69) is 14.5 Å². The molecule has 0 saturated carbocycles. The van der Waals surface area contributed by atoms with Gasteiger partial charge in [0.15, 0.2) is 5.82 Å². The van der Waals surface area contributed by atoms with Crippen LogP contribution in [0.1, 0.15) is 18.0 Å². The van der Waals surface area contributed by atoms with Crippen LogP contribution < -0.4 is 39.8 Å². The van der Waals surface area contributed by atoms with Crippen LogP contribution in [0.5, 0.6) is 0 Å². The van der Waals surface area contributed by atoms with Crippen molar-refractivity contribution in [3.63, 3.8) is 0 Å². The van der Waals surface area contributed by atoms with E-state index in [1.54, 1.807) is 0 Å². The van der Waals surface area contributed by atoms with E-state index in [9.17, 15) is 31.6 Å². The number of hydrazone groups is 1. The zero-order valence-electron chi connectivity index (χ0n) is 14.5. The molecule has 0 bridgehead atoms. The average Bonchev–Trinajstić information content (AvgIpc) is 3.05. The Bertz CT molecular complexity index is 915. The van der Waals surface area contributed by atoms with Gasteiger partial charge in [-0.25, -0.2) is 13.2 Å². The Morgan fingerprint density at radius 3 is 2.38 bits per heavy atom. The molecule has 1 aliphatic heterocycles. The van der Waals surface area contributed by atoms with E-state index >= 15 is 0 Å². The maximum absolute atomic E-state index is 14.5. The summed E-state index contributed by atoms with van der Waals surface area (Å²) >= 11 is 0.393. The first-order chi connectivity index (χ1) is 13.2. The van der Waals surface area contributed by atoms with Gasteiger partial charge in [-0.3, -0.25) is 10.0 Å². The first kappa shape index (κ1) is 24.0. The maximum Gasteiger partial charge on any atom is 1.00 e. The molecular weight excluding hydrogens is 437 g/mol. The van der Waals surface area contributed by atoms with Gasteiger partial charge in [0.1, 0.15) is 17.3 Å². The van der Waals surface area contributed by atoms with Gasteiger partial charge in [0, 0.05) is 22.9 Å². The molecule has 29 heavy (non-hydrogen) atoms. The first-order valence-corrected chi connectivity index (χ1v) is 8.26. The van der Waals surface area contributed by atoms with Crippen molar-refractivity contribution < 1.29 is 70.5 Å². The second kappa shape index (κ2) is 9.69. The first-order valence-electron chi connectivity index (χ1n) is 7.52. The minimum absolute atomic E-state index is 0. The molecule has 2 aromatic carbocycles. The molecule has 5 nitrogen and oxygen atoms in total. The molecule has 0 saturated heterocycles. The van der Waals surface area contributed by atoms with Gasteiger partial charge in [-0.2, -0.15) is 22.6 Å². The monoisotopic (exact) mass is 446 g/mol. The third kappa shape index (κ3) is 5.45. The van der Waals surface area contributed by atoms with Crippen LogP contribution in [0.3, 0.4) is 0 Å². The molecule has 0 radical (unpaired) electrons. The van der Waals surface area contributed by atoms with Crippen molar-refractivity contribution in [3.8, 4) is 0 Å². The van der Waals surface area contributed by atoms with Crippen LogP contribution in [0, 0.1) is 17.5 Å². The molecule has 0 spiro atoms. The summed E-state index contributed by atoms with van der Waals surface area (Å²) in [4.78, 5) is 0.103. The third-order valence-corrected chi connectivity index (χ3v) is 4.45. The van der Waals surface area contributed by atoms with Crippen molar-refractivity contribution in [2.75, 3.05) is 5.01 Å². The quantitative estimate of drug-likeness (QED) is 0.227. The fourth-order valence-corrected chi connectivity index (χ4v) is 3.08. The van der Waals surface area contributed by atoms with Crippen molar-refractivity contribution >= 4 is 23.4 Å². The summed E-state index contributed by atoms with van der Waals surface area (Å²) in [6.45, 7) is 0. The van der Waals surface area contributed by atoms with Crippen LogP contribution >= 0.6 is 12.0 Å². The largest absolute Gasteiger partial charge is 1.00 e. The number of anilines is 1. The molecule has 0 fully saturated rings. The molecule has 3 rings (SSSR count). The van der Waals surface area contributed by atoms with Gasteiger partial charge < -0.3 is 5.26 Å². The summed E-state index contributed by atoms with van der Waals surface area (Å²) in [5.74, 6) is -3.01. The maximum atomic E-state index is 14.5. The fourth-order valence-electron chi connectivity index (χ4n) is 2.70. The van der Waals surface area contributed by atoms with Crippen molar-refractivity contribution in [3.05, 3.63) is 59.4 Å². The number of nitrogens with zero attached hydrogens (tertiary/aromatic N) is 2. The van der Waals surface area contributed by atoms with Gasteiger partial charge in [0.25, 0.3) is 0 Å². The van der Waals surface area contributed by atoms with Gasteiger partial charge >= 0.3 is 35.7 Å². The second-order valence-corrected chi connectivity index (χ2v) is 6.38. The van der Waals surface area contributed by atoms with Crippen LogP contribution in [0.25, 0.3) is 0 Å². The number of rotatable bonds is 5. The van der Waals surface area contributed by atoms with Gasteiger partial charge in [-0.05, 0) is 24.3 Å². The van der Waals surface area contributed by atoms with E-state index in [1.165, 1.54) is 6.07 Å². The van der Waals surface area contributed by atoms with Crippen LogP contribution in [0.4, 0.5) is 32.0 Å². The van der Waals surface area contributed by atoms with E-state index in [4.69, 9.17) is 0 Å².